The van der Waals surface area contributed by atoms with Gasteiger partial charge >= 0.3 is 23.9 Å². The highest BCUT2D eigenvalue weighted by molar-refractivity contribution is 5.76. The molecular formula is C26H26N2O12. The predicted octanol–water partition coefficient (Wildman–Crippen LogP) is 3.18. The van der Waals surface area contributed by atoms with Crippen molar-refractivity contribution in [3.8, 4) is 0 Å². The van der Waals surface area contributed by atoms with Crippen molar-refractivity contribution in [2.24, 2.45) is 11.8 Å². The van der Waals surface area contributed by atoms with Gasteiger partial charge in [0.2, 0.25) is 13.6 Å². The molecule has 1 aliphatic rings. The number of ether oxygens (including phenoxy) is 4. The van der Waals surface area contributed by atoms with E-state index in [2.05, 4.69) is 0 Å². The Labute approximate surface area is 227 Å². The standard InChI is InChI=1S/C26H26N2O12/c29-23(13-17-1-9-21(10-2-17)27(33)34)37-15-39-25(31)19-5-7-20(8-6-19)26(32)40-16-38-24(30)14-18-3-11-22(12-4-18)28(35)36/h1-4,9-12,19-20H,5-8,13-16H2. The van der Waals surface area contributed by atoms with Gasteiger partial charge in [0, 0.05) is 24.3 Å². The summed E-state index contributed by atoms with van der Waals surface area (Å²) in [5.41, 5.74) is 0.807. The molecule has 2 aromatic rings. The van der Waals surface area contributed by atoms with Crippen molar-refractivity contribution in [1.82, 2.24) is 0 Å². The molecule has 0 aromatic heterocycles. The first-order valence-electron chi connectivity index (χ1n) is 12.2. The summed E-state index contributed by atoms with van der Waals surface area (Å²) in [5.74, 6) is -3.40. The van der Waals surface area contributed by atoms with E-state index in [1.165, 1.54) is 48.5 Å². The third-order valence-corrected chi connectivity index (χ3v) is 6.23. The number of non-ortho nitro benzene ring substituents is 2. The molecule has 0 amide bonds. The second-order valence-electron chi connectivity index (χ2n) is 8.94. The van der Waals surface area contributed by atoms with E-state index in [1.807, 2.05) is 0 Å². The highest BCUT2D eigenvalue weighted by Crippen LogP contribution is 2.30. The lowest BCUT2D eigenvalue weighted by molar-refractivity contribution is -0.385. The summed E-state index contributed by atoms with van der Waals surface area (Å²) in [6.45, 7) is -1.14. The van der Waals surface area contributed by atoms with E-state index in [0.717, 1.165) is 0 Å². The molecule has 0 saturated heterocycles. The van der Waals surface area contributed by atoms with Crippen LogP contribution in [0, 0.1) is 32.1 Å². The highest BCUT2D eigenvalue weighted by Gasteiger charge is 2.32. The number of rotatable bonds is 12. The van der Waals surface area contributed by atoms with Crippen molar-refractivity contribution in [3.63, 3.8) is 0 Å². The molecule has 3 rings (SSSR count). The molecule has 0 heterocycles. The number of nitro benzene ring substituents is 2. The van der Waals surface area contributed by atoms with Crippen LogP contribution >= 0.6 is 0 Å². The Morgan fingerprint density at radius 1 is 0.600 bits per heavy atom. The van der Waals surface area contributed by atoms with Gasteiger partial charge in [0.25, 0.3) is 11.4 Å². The maximum Gasteiger partial charge on any atom is 0.313 e. The third kappa shape index (κ3) is 9.15. The minimum Gasteiger partial charge on any atom is -0.428 e. The van der Waals surface area contributed by atoms with Crippen molar-refractivity contribution in [2.75, 3.05) is 13.6 Å². The average Bonchev–Trinajstić information content (AvgIpc) is 2.93. The van der Waals surface area contributed by atoms with Gasteiger partial charge in [0.1, 0.15) is 0 Å². The third-order valence-electron chi connectivity index (χ3n) is 6.23. The zero-order chi connectivity index (χ0) is 29.1. The van der Waals surface area contributed by atoms with Gasteiger partial charge in [-0.25, -0.2) is 0 Å². The van der Waals surface area contributed by atoms with Gasteiger partial charge in [0.15, 0.2) is 0 Å². The Kier molecular flexibility index (Phi) is 10.6. The van der Waals surface area contributed by atoms with Crippen molar-refractivity contribution in [1.29, 1.82) is 0 Å². The average molecular weight is 558 g/mol. The van der Waals surface area contributed by atoms with Gasteiger partial charge in [-0.15, -0.1) is 0 Å². The second kappa shape index (κ2) is 14.3. The second-order valence-corrected chi connectivity index (χ2v) is 8.94. The molecular weight excluding hydrogens is 532 g/mol. The van der Waals surface area contributed by atoms with E-state index in [-0.39, 0.29) is 24.2 Å². The summed E-state index contributed by atoms with van der Waals surface area (Å²) in [6, 6.07) is 10.8. The van der Waals surface area contributed by atoms with Crippen LogP contribution in [0.3, 0.4) is 0 Å². The van der Waals surface area contributed by atoms with Gasteiger partial charge in [-0.05, 0) is 36.8 Å². The molecule has 1 fully saturated rings. The van der Waals surface area contributed by atoms with Gasteiger partial charge in [-0.2, -0.15) is 0 Å². The number of hydrogen-bond acceptors (Lipinski definition) is 12. The minimum absolute atomic E-state index is 0.102. The fourth-order valence-corrected chi connectivity index (χ4v) is 4.01. The molecule has 14 nitrogen and oxygen atoms in total. The van der Waals surface area contributed by atoms with Gasteiger partial charge < -0.3 is 18.9 Å². The number of esters is 4. The zero-order valence-corrected chi connectivity index (χ0v) is 21.2. The quantitative estimate of drug-likeness (QED) is 0.160. The molecule has 1 saturated carbocycles. The summed E-state index contributed by atoms with van der Waals surface area (Å²) >= 11 is 0. The molecule has 14 heteroatoms. The Morgan fingerprint density at radius 2 is 0.925 bits per heavy atom. The number of carbonyl (C=O) groups is 4. The maximum atomic E-state index is 12.3. The van der Waals surface area contributed by atoms with E-state index in [4.69, 9.17) is 18.9 Å². The van der Waals surface area contributed by atoms with Crippen LogP contribution in [-0.2, 0) is 51.0 Å². The monoisotopic (exact) mass is 558 g/mol. The van der Waals surface area contributed by atoms with Crippen LogP contribution in [0.25, 0.3) is 0 Å². The maximum absolute atomic E-state index is 12.3. The highest BCUT2D eigenvalue weighted by atomic mass is 16.7. The Bertz CT molecular complexity index is 1140. The molecule has 1 aliphatic carbocycles. The molecule has 40 heavy (non-hydrogen) atoms. The van der Waals surface area contributed by atoms with Crippen molar-refractivity contribution >= 4 is 35.3 Å². The van der Waals surface area contributed by atoms with Crippen LogP contribution in [0.15, 0.2) is 48.5 Å². The summed E-state index contributed by atoms with van der Waals surface area (Å²) < 4.78 is 19.8. The molecule has 0 bridgehead atoms. The normalized spacial score (nSPS) is 16.3. The Morgan fingerprint density at radius 3 is 1.23 bits per heavy atom. The summed E-state index contributed by atoms with van der Waals surface area (Å²) in [7, 11) is 0. The fraction of sp³-hybridized carbons (Fsp3) is 0.385. The summed E-state index contributed by atoms with van der Waals surface area (Å²) in [5, 5.41) is 21.3. The topological polar surface area (TPSA) is 191 Å². The van der Waals surface area contributed by atoms with Gasteiger partial charge in [-0.1, -0.05) is 24.3 Å². The first-order chi connectivity index (χ1) is 19.1. The van der Waals surface area contributed by atoms with Crippen LogP contribution < -0.4 is 0 Å². The van der Waals surface area contributed by atoms with E-state index < -0.39 is 59.1 Å². The Hall–Kier alpha value is -4.88. The van der Waals surface area contributed by atoms with Gasteiger partial charge in [-0.3, -0.25) is 39.4 Å². The molecule has 0 atom stereocenters. The molecule has 0 radical (unpaired) electrons. The molecule has 0 N–H and O–H groups in total. The molecule has 0 spiro atoms. The largest absolute Gasteiger partial charge is 0.428 e. The Balaban J connectivity index is 1.28. The van der Waals surface area contributed by atoms with Gasteiger partial charge in [0.05, 0.1) is 34.5 Å². The molecule has 212 valence electrons. The van der Waals surface area contributed by atoms with E-state index in [1.54, 1.807) is 0 Å². The van der Waals surface area contributed by atoms with Crippen LogP contribution in [0.2, 0.25) is 0 Å². The molecule has 0 aliphatic heterocycles. The number of nitro groups is 2. The molecule has 0 unspecified atom stereocenters. The number of benzene rings is 2. The first kappa shape index (κ1) is 29.7. The molecule has 2 aromatic carbocycles. The first-order valence-corrected chi connectivity index (χ1v) is 12.2. The van der Waals surface area contributed by atoms with Crippen LogP contribution in [0.5, 0.6) is 0 Å². The van der Waals surface area contributed by atoms with Crippen molar-refractivity contribution in [3.05, 3.63) is 79.9 Å². The van der Waals surface area contributed by atoms with E-state index in [9.17, 15) is 39.4 Å². The van der Waals surface area contributed by atoms with Crippen LogP contribution in [-0.4, -0.2) is 47.3 Å². The number of carbonyl (C=O) groups excluding carboxylic acids is 4. The number of nitrogens with zero attached hydrogens (tertiary/aromatic N) is 2. The smallest absolute Gasteiger partial charge is 0.313 e. The van der Waals surface area contributed by atoms with Crippen LogP contribution in [0.4, 0.5) is 11.4 Å². The summed E-state index contributed by atoms with van der Waals surface area (Å²) in [4.78, 5) is 68.6. The SMILES string of the molecule is O=C(Cc1ccc([N+](=O)[O-])cc1)OCOC(=O)C1CCC(C(=O)OCOC(=O)Cc2ccc([N+](=O)[O-])cc2)CC1. The zero-order valence-electron chi connectivity index (χ0n) is 21.2. The van der Waals surface area contributed by atoms with E-state index >= 15 is 0 Å². The van der Waals surface area contributed by atoms with E-state index in [0.29, 0.717) is 36.8 Å². The minimum atomic E-state index is -0.665. The van der Waals surface area contributed by atoms with Crippen molar-refractivity contribution < 1.29 is 48.0 Å². The van der Waals surface area contributed by atoms with Crippen molar-refractivity contribution in [2.45, 2.75) is 38.5 Å². The fourth-order valence-electron chi connectivity index (χ4n) is 4.01. The lowest BCUT2D eigenvalue weighted by Crippen LogP contribution is -2.29. The summed E-state index contributed by atoms with van der Waals surface area (Å²) in [6.07, 6.45) is 1.14. The predicted molar refractivity (Wildman–Crippen MR) is 133 cm³/mol. The lowest BCUT2D eigenvalue weighted by Gasteiger charge is -2.25. The number of hydrogen-bond donors (Lipinski definition) is 0. The van der Waals surface area contributed by atoms with Crippen LogP contribution in [0.1, 0.15) is 36.8 Å². The lowest BCUT2D eigenvalue weighted by atomic mass is 9.82.